The highest BCUT2D eigenvalue weighted by atomic mass is 79.9. The number of ether oxygens (including phenoxy) is 1. The van der Waals surface area contributed by atoms with Crippen molar-refractivity contribution in [3.05, 3.63) is 33.8 Å². The van der Waals surface area contributed by atoms with Crippen molar-refractivity contribution in [1.82, 2.24) is 0 Å². The van der Waals surface area contributed by atoms with E-state index in [1.54, 1.807) is 0 Å². The fourth-order valence-electron chi connectivity index (χ4n) is 1.74. The first-order valence-corrected chi connectivity index (χ1v) is 6.66. The molecule has 19 heavy (non-hydrogen) atoms. The largest absolute Gasteiger partial charge is 0.475 e. The Morgan fingerprint density at radius 2 is 2.05 bits per heavy atom. The lowest BCUT2D eigenvalue weighted by Gasteiger charge is -2.10. The van der Waals surface area contributed by atoms with Crippen LogP contribution in [0.5, 0.6) is 0 Å². The van der Waals surface area contributed by atoms with Gasteiger partial charge in [-0.1, -0.05) is 13.8 Å². The van der Waals surface area contributed by atoms with Gasteiger partial charge in [0.2, 0.25) is 5.90 Å². The zero-order valence-electron chi connectivity index (χ0n) is 10.5. The van der Waals surface area contributed by atoms with Gasteiger partial charge in [0, 0.05) is 4.47 Å². The zero-order valence-corrected chi connectivity index (χ0v) is 12.0. The Balaban J connectivity index is 2.38. The first-order valence-electron chi connectivity index (χ1n) is 5.86. The van der Waals surface area contributed by atoms with Crippen molar-refractivity contribution < 1.29 is 17.9 Å². The maximum absolute atomic E-state index is 12.7. The van der Waals surface area contributed by atoms with Gasteiger partial charge in [0.15, 0.2) is 0 Å². The van der Waals surface area contributed by atoms with Crippen molar-refractivity contribution in [2.45, 2.75) is 26.1 Å². The summed E-state index contributed by atoms with van der Waals surface area (Å²) in [6.07, 6.45) is -4.37. The summed E-state index contributed by atoms with van der Waals surface area (Å²) < 4.78 is 44.0. The summed E-state index contributed by atoms with van der Waals surface area (Å²) >= 11 is 3.24. The van der Waals surface area contributed by atoms with Gasteiger partial charge in [-0.25, -0.2) is 4.99 Å². The van der Waals surface area contributed by atoms with E-state index in [9.17, 15) is 13.2 Å². The Labute approximate surface area is 117 Å². The standard InChI is InChI=1S/C13H13BrF3NO/c1-7(2)11-6-19-12(18-11)9-5-8(13(15,16)17)3-4-10(9)14/h3-5,7,11H,6H2,1-2H3. The van der Waals surface area contributed by atoms with E-state index in [0.29, 0.717) is 22.6 Å². The van der Waals surface area contributed by atoms with Crippen LogP contribution in [0.25, 0.3) is 0 Å². The van der Waals surface area contributed by atoms with Crippen LogP contribution >= 0.6 is 15.9 Å². The summed E-state index contributed by atoms with van der Waals surface area (Å²) in [4.78, 5) is 4.34. The lowest BCUT2D eigenvalue weighted by molar-refractivity contribution is -0.137. The van der Waals surface area contributed by atoms with Gasteiger partial charge >= 0.3 is 6.18 Å². The smallest absolute Gasteiger partial charge is 0.416 e. The third kappa shape index (κ3) is 3.11. The molecule has 104 valence electrons. The molecule has 0 saturated carbocycles. The Morgan fingerprint density at radius 3 is 2.58 bits per heavy atom. The Hall–Kier alpha value is -1.04. The molecule has 1 aliphatic heterocycles. The second kappa shape index (κ2) is 5.15. The van der Waals surface area contributed by atoms with E-state index in [1.807, 2.05) is 13.8 Å². The first-order chi connectivity index (χ1) is 8.79. The Bertz CT molecular complexity index is 511. The van der Waals surface area contributed by atoms with Crippen LogP contribution in [0.15, 0.2) is 27.7 Å². The second-order valence-corrected chi connectivity index (χ2v) is 5.60. The van der Waals surface area contributed by atoms with Crippen LogP contribution in [-0.4, -0.2) is 18.5 Å². The summed E-state index contributed by atoms with van der Waals surface area (Å²) in [6, 6.07) is 3.46. The minimum absolute atomic E-state index is 0.00329. The van der Waals surface area contributed by atoms with Gasteiger partial charge in [-0.3, -0.25) is 0 Å². The molecule has 0 radical (unpaired) electrons. The lowest BCUT2D eigenvalue weighted by atomic mass is 10.1. The molecule has 1 atom stereocenters. The van der Waals surface area contributed by atoms with Crippen molar-refractivity contribution in [3.63, 3.8) is 0 Å². The van der Waals surface area contributed by atoms with E-state index < -0.39 is 11.7 Å². The van der Waals surface area contributed by atoms with E-state index in [1.165, 1.54) is 6.07 Å². The molecule has 0 fully saturated rings. The molecule has 2 nitrogen and oxygen atoms in total. The quantitative estimate of drug-likeness (QED) is 0.790. The molecule has 1 unspecified atom stereocenters. The number of halogens is 4. The number of rotatable bonds is 2. The van der Waals surface area contributed by atoms with Gasteiger partial charge < -0.3 is 4.74 Å². The molecule has 0 amide bonds. The van der Waals surface area contributed by atoms with E-state index in [2.05, 4.69) is 20.9 Å². The average Bonchev–Trinajstić information content (AvgIpc) is 2.77. The second-order valence-electron chi connectivity index (χ2n) is 4.75. The SMILES string of the molecule is CC(C)C1COC(c2cc(C(F)(F)F)ccc2Br)=N1. The normalized spacial score (nSPS) is 19.5. The molecule has 1 aromatic rings. The third-order valence-electron chi connectivity index (χ3n) is 2.97. The maximum Gasteiger partial charge on any atom is 0.416 e. The zero-order chi connectivity index (χ0) is 14.2. The number of alkyl halides is 3. The van der Waals surface area contributed by atoms with Crippen LogP contribution in [0.1, 0.15) is 25.0 Å². The number of hydrogen-bond acceptors (Lipinski definition) is 2. The van der Waals surface area contributed by atoms with Crippen LogP contribution in [0.2, 0.25) is 0 Å². The van der Waals surface area contributed by atoms with Crippen LogP contribution in [0.4, 0.5) is 13.2 Å². The van der Waals surface area contributed by atoms with Crippen molar-refractivity contribution in [3.8, 4) is 0 Å². The van der Waals surface area contributed by atoms with Crippen LogP contribution in [-0.2, 0) is 10.9 Å². The fraction of sp³-hybridized carbons (Fsp3) is 0.462. The van der Waals surface area contributed by atoms with Crippen LogP contribution in [0.3, 0.4) is 0 Å². The van der Waals surface area contributed by atoms with Crippen molar-refractivity contribution in [2.24, 2.45) is 10.9 Å². The predicted octanol–water partition coefficient (Wildman–Crippen LogP) is 4.27. The van der Waals surface area contributed by atoms with E-state index >= 15 is 0 Å². The molecule has 0 spiro atoms. The van der Waals surface area contributed by atoms with E-state index in [0.717, 1.165) is 12.1 Å². The topological polar surface area (TPSA) is 21.6 Å². The highest BCUT2D eigenvalue weighted by Gasteiger charge is 2.32. The first kappa shape index (κ1) is 14.4. The molecule has 2 rings (SSSR count). The summed E-state index contributed by atoms with van der Waals surface area (Å²) in [6.45, 7) is 4.42. The van der Waals surface area contributed by atoms with Gasteiger partial charge in [-0.2, -0.15) is 13.2 Å². The minimum Gasteiger partial charge on any atom is -0.475 e. The Kier molecular flexibility index (Phi) is 3.90. The van der Waals surface area contributed by atoms with Crippen LogP contribution < -0.4 is 0 Å². The van der Waals surface area contributed by atoms with Crippen molar-refractivity contribution in [1.29, 1.82) is 0 Å². The van der Waals surface area contributed by atoms with Gasteiger partial charge in [0.05, 0.1) is 17.2 Å². The average molecular weight is 336 g/mol. The molecule has 6 heteroatoms. The molecule has 0 saturated heterocycles. The van der Waals surface area contributed by atoms with Crippen molar-refractivity contribution >= 4 is 21.8 Å². The minimum atomic E-state index is -4.37. The molecule has 0 aromatic heterocycles. The summed E-state index contributed by atoms with van der Waals surface area (Å²) in [5, 5.41) is 0. The number of aliphatic imine (C=N–C) groups is 1. The maximum atomic E-state index is 12.7. The number of hydrogen-bond donors (Lipinski definition) is 0. The summed E-state index contributed by atoms with van der Waals surface area (Å²) in [7, 11) is 0. The third-order valence-corrected chi connectivity index (χ3v) is 3.66. The highest BCUT2D eigenvalue weighted by Crippen LogP contribution is 2.33. The van der Waals surface area contributed by atoms with Gasteiger partial charge in [-0.05, 0) is 40.0 Å². The summed E-state index contributed by atoms with van der Waals surface area (Å²) in [5.74, 6) is 0.568. The predicted molar refractivity (Wildman–Crippen MR) is 70.3 cm³/mol. The van der Waals surface area contributed by atoms with E-state index in [4.69, 9.17) is 4.74 Å². The molecule has 0 N–H and O–H groups in total. The molecule has 0 aliphatic carbocycles. The number of benzene rings is 1. The Morgan fingerprint density at radius 1 is 1.37 bits per heavy atom. The summed E-state index contributed by atoms with van der Waals surface area (Å²) in [5.41, 5.74) is -0.358. The molecule has 1 aromatic carbocycles. The fourth-order valence-corrected chi connectivity index (χ4v) is 2.16. The monoisotopic (exact) mass is 335 g/mol. The molecular formula is C13H13BrF3NO. The number of nitrogens with zero attached hydrogens (tertiary/aromatic N) is 1. The molecule has 1 heterocycles. The van der Waals surface area contributed by atoms with Gasteiger partial charge in [-0.15, -0.1) is 0 Å². The van der Waals surface area contributed by atoms with Crippen LogP contribution in [0, 0.1) is 5.92 Å². The lowest BCUT2D eigenvalue weighted by Crippen LogP contribution is -2.13. The highest BCUT2D eigenvalue weighted by molar-refractivity contribution is 9.10. The van der Waals surface area contributed by atoms with Crippen molar-refractivity contribution in [2.75, 3.05) is 6.61 Å². The van der Waals surface area contributed by atoms with Gasteiger partial charge in [0.1, 0.15) is 6.61 Å². The molecule has 1 aliphatic rings. The van der Waals surface area contributed by atoms with Gasteiger partial charge in [0.25, 0.3) is 0 Å². The molecule has 0 bridgehead atoms. The molecular weight excluding hydrogens is 323 g/mol. The van der Waals surface area contributed by atoms with E-state index in [-0.39, 0.29) is 11.9 Å².